The van der Waals surface area contributed by atoms with Crippen LogP contribution in [0.4, 0.5) is 0 Å². The number of benzene rings is 2. The van der Waals surface area contributed by atoms with E-state index < -0.39 is 12.0 Å². The average molecular weight is 380 g/mol. The SMILES string of the molecule is CCOC(=O)[C@H](Cc1ccc(O)cc1)NC(=O)CCc1c[nH]c2ccccc12. The summed E-state index contributed by atoms with van der Waals surface area (Å²) in [5.74, 6) is -0.516. The number of esters is 1. The molecule has 0 radical (unpaired) electrons. The van der Waals surface area contributed by atoms with Gasteiger partial charge in [-0.2, -0.15) is 0 Å². The van der Waals surface area contributed by atoms with Crippen LogP contribution in [-0.4, -0.2) is 34.6 Å². The highest BCUT2D eigenvalue weighted by atomic mass is 16.5. The fourth-order valence-electron chi connectivity index (χ4n) is 3.16. The Morgan fingerprint density at radius 2 is 1.89 bits per heavy atom. The van der Waals surface area contributed by atoms with E-state index in [1.165, 1.54) is 0 Å². The molecule has 3 N–H and O–H groups in total. The molecule has 1 heterocycles. The standard InChI is InChI=1S/C22H24N2O4/c1-2-28-22(27)20(13-15-7-10-17(25)11-8-15)24-21(26)12-9-16-14-23-19-6-4-3-5-18(16)19/h3-8,10-11,14,20,23,25H,2,9,12-13H2,1H3,(H,24,26)/t20-/m0/s1. The average Bonchev–Trinajstić information content (AvgIpc) is 3.11. The minimum absolute atomic E-state index is 0.152. The number of aromatic hydroxyl groups is 1. The molecule has 0 aliphatic rings. The third kappa shape index (κ3) is 4.91. The Kier molecular flexibility index (Phi) is 6.32. The van der Waals surface area contributed by atoms with Crippen LogP contribution < -0.4 is 5.32 Å². The summed E-state index contributed by atoms with van der Waals surface area (Å²) in [5.41, 5.74) is 2.93. The summed E-state index contributed by atoms with van der Waals surface area (Å²) in [6.07, 6.45) is 3.06. The van der Waals surface area contributed by atoms with Crippen molar-refractivity contribution < 1.29 is 19.4 Å². The van der Waals surface area contributed by atoms with Crippen molar-refractivity contribution in [3.05, 3.63) is 65.9 Å². The Hall–Kier alpha value is -3.28. The van der Waals surface area contributed by atoms with Crippen LogP contribution in [0.1, 0.15) is 24.5 Å². The molecule has 28 heavy (non-hydrogen) atoms. The van der Waals surface area contributed by atoms with Crippen LogP contribution in [0.2, 0.25) is 0 Å². The molecule has 0 aliphatic carbocycles. The molecule has 6 heteroatoms. The van der Waals surface area contributed by atoms with E-state index in [9.17, 15) is 14.7 Å². The van der Waals surface area contributed by atoms with Crippen LogP contribution >= 0.6 is 0 Å². The number of phenols is 1. The molecule has 6 nitrogen and oxygen atoms in total. The Bertz CT molecular complexity index is 947. The van der Waals surface area contributed by atoms with Crippen LogP contribution in [-0.2, 0) is 27.2 Å². The Morgan fingerprint density at radius 3 is 2.64 bits per heavy atom. The summed E-state index contributed by atoms with van der Waals surface area (Å²) in [6.45, 7) is 1.98. The second kappa shape index (κ2) is 9.08. The number of aromatic amines is 1. The third-order valence-corrected chi connectivity index (χ3v) is 4.58. The molecule has 1 aromatic heterocycles. The lowest BCUT2D eigenvalue weighted by Gasteiger charge is -2.17. The molecule has 2 aromatic carbocycles. The van der Waals surface area contributed by atoms with E-state index in [4.69, 9.17) is 4.74 Å². The molecular formula is C22H24N2O4. The quantitative estimate of drug-likeness (QED) is 0.524. The van der Waals surface area contributed by atoms with Crippen LogP contribution in [0.3, 0.4) is 0 Å². The van der Waals surface area contributed by atoms with Crippen molar-refractivity contribution in [3.8, 4) is 5.75 Å². The monoisotopic (exact) mass is 380 g/mol. The lowest BCUT2D eigenvalue weighted by atomic mass is 10.0. The number of carbonyl (C=O) groups is 2. The highest BCUT2D eigenvalue weighted by molar-refractivity contribution is 5.86. The van der Waals surface area contributed by atoms with E-state index >= 15 is 0 Å². The Morgan fingerprint density at radius 1 is 1.14 bits per heavy atom. The number of H-pyrrole nitrogens is 1. The van der Waals surface area contributed by atoms with Crippen LogP contribution in [0.25, 0.3) is 10.9 Å². The number of nitrogens with one attached hydrogen (secondary N) is 2. The maximum atomic E-state index is 12.5. The number of ether oxygens (including phenoxy) is 1. The van der Waals surface area contributed by atoms with Crippen LogP contribution in [0, 0.1) is 0 Å². The summed E-state index contributed by atoms with van der Waals surface area (Å²) < 4.78 is 5.10. The fraction of sp³-hybridized carbons (Fsp3) is 0.273. The number of para-hydroxylation sites is 1. The highest BCUT2D eigenvalue weighted by Crippen LogP contribution is 2.19. The van der Waals surface area contributed by atoms with Gasteiger partial charge in [-0.15, -0.1) is 0 Å². The summed E-state index contributed by atoms with van der Waals surface area (Å²) in [4.78, 5) is 27.9. The molecule has 0 unspecified atom stereocenters. The smallest absolute Gasteiger partial charge is 0.328 e. The van der Waals surface area contributed by atoms with Gasteiger partial charge in [0.2, 0.25) is 5.91 Å². The van der Waals surface area contributed by atoms with Crippen molar-refractivity contribution in [2.75, 3.05) is 6.61 Å². The van der Waals surface area contributed by atoms with Crippen molar-refractivity contribution in [2.24, 2.45) is 0 Å². The molecule has 0 aliphatic heterocycles. The van der Waals surface area contributed by atoms with Crippen molar-refractivity contribution in [2.45, 2.75) is 32.2 Å². The normalized spacial score (nSPS) is 11.9. The number of carbonyl (C=O) groups excluding carboxylic acids is 2. The van der Waals surface area contributed by atoms with Gasteiger partial charge in [-0.3, -0.25) is 4.79 Å². The third-order valence-electron chi connectivity index (χ3n) is 4.58. The maximum absolute atomic E-state index is 12.5. The van der Waals surface area contributed by atoms with Gasteiger partial charge >= 0.3 is 5.97 Å². The zero-order valence-electron chi connectivity index (χ0n) is 15.8. The van der Waals surface area contributed by atoms with Gasteiger partial charge in [0.1, 0.15) is 11.8 Å². The molecule has 0 saturated heterocycles. The molecule has 0 saturated carbocycles. The van der Waals surface area contributed by atoms with Crippen molar-refractivity contribution in [1.29, 1.82) is 0 Å². The van der Waals surface area contributed by atoms with E-state index in [2.05, 4.69) is 10.3 Å². The first kappa shape index (κ1) is 19.5. The van der Waals surface area contributed by atoms with E-state index in [1.807, 2.05) is 30.5 Å². The first-order valence-electron chi connectivity index (χ1n) is 9.35. The number of fused-ring (bicyclic) bond motifs is 1. The van der Waals surface area contributed by atoms with E-state index in [0.29, 0.717) is 12.8 Å². The van der Waals surface area contributed by atoms with Gasteiger partial charge in [-0.1, -0.05) is 30.3 Å². The molecule has 3 aromatic rings. The topological polar surface area (TPSA) is 91.4 Å². The zero-order valence-corrected chi connectivity index (χ0v) is 15.8. The predicted molar refractivity (Wildman–Crippen MR) is 107 cm³/mol. The first-order chi connectivity index (χ1) is 13.6. The summed E-state index contributed by atoms with van der Waals surface area (Å²) in [6, 6.07) is 13.7. The van der Waals surface area contributed by atoms with E-state index in [-0.39, 0.29) is 24.7 Å². The molecule has 1 atom stereocenters. The fourth-order valence-corrected chi connectivity index (χ4v) is 3.16. The predicted octanol–water partition coefficient (Wildman–Crippen LogP) is 3.10. The number of amides is 1. The lowest BCUT2D eigenvalue weighted by Crippen LogP contribution is -2.43. The van der Waals surface area contributed by atoms with Crippen LogP contribution in [0.15, 0.2) is 54.7 Å². The summed E-state index contributed by atoms with van der Waals surface area (Å²) >= 11 is 0. The molecule has 0 bridgehead atoms. The number of hydrogen-bond donors (Lipinski definition) is 3. The highest BCUT2D eigenvalue weighted by Gasteiger charge is 2.22. The van der Waals surface area contributed by atoms with Gasteiger partial charge in [0.25, 0.3) is 0 Å². The van der Waals surface area contributed by atoms with E-state index in [0.717, 1.165) is 22.0 Å². The Labute approximate surface area is 163 Å². The minimum atomic E-state index is -0.764. The van der Waals surface area contributed by atoms with Gasteiger partial charge in [-0.25, -0.2) is 4.79 Å². The first-order valence-corrected chi connectivity index (χ1v) is 9.35. The van der Waals surface area contributed by atoms with Crippen LogP contribution in [0.5, 0.6) is 5.75 Å². The molecule has 0 spiro atoms. The number of phenolic OH excluding ortho intramolecular Hbond substituents is 1. The molecule has 3 rings (SSSR count). The zero-order chi connectivity index (χ0) is 19.9. The molecule has 1 amide bonds. The Balaban J connectivity index is 1.63. The maximum Gasteiger partial charge on any atom is 0.328 e. The van der Waals surface area contributed by atoms with Gasteiger partial charge < -0.3 is 20.1 Å². The largest absolute Gasteiger partial charge is 0.508 e. The second-order valence-electron chi connectivity index (χ2n) is 6.60. The number of hydrogen-bond acceptors (Lipinski definition) is 4. The number of aryl methyl sites for hydroxylation is 1. The van der Waals surface area contributed by atoms with Gasteiger partial charge in [0, 0.05) is 29.9 Å². The molecule has 146 valence electrons. The molecular weight excluding hydrogens is 356 g/mol. The summed E-state index contributed by atoms with van der Waals surface area (Å²) in [7, 11) is 0. The molecule has 0 fully saturated rings. The summed E-state index contributed by atoms with van der Waals surface area (Å²) in [5, 5.41) is 13.3. The van der Waals surface area contributed by atoms with Crippen molar-refractivity contribution >= 4 is 22.8 Å². The lowest BCUT2D eigenvalue weighted by molar-refractivity contribution is -0.147. The number of rotatable bonds is 8. The van der Waals surface area contributed by atoms with Gasteiger partial charge in [0.05, 0.1) is 6.61 Å². The number of aromatic nitrogens is 1. The minimum Gasteiger partial charge on any atom is -0.508 e. The van der Waals surface area contributed by atoms with Gasteiger partial charge in [0.15, 0.2) is 0 Å². The van der Waals surface area contributed by atoms with E-state index in [1.54, 1.807) is 31.2 Å². The van der Waals surface area contributed by atoms with Crippen molar-refractivity contribution in [1.82, 2.24) is 10.3 Å². The van der Waals surface area contributed by atoms with Crippen molar-refractivity contribution in [3.63, 3.8) is 0 Å². The second-order valence-corrected chi connectivity index (χ2v) is 6.60. The van der Waals surface area contributed by atoms with Gasteiger partial charge in [-0.05, 0) is 42.7 Å².